The number of amides is 4. The van der Waals surface area contributed by atoms with Crippen molar-refractivity contribution < 1.29 is 23.2 Å². The van der Waals surface area contributed by atoms with Gasteiger partial charge in [0.05, 0.1) is 0 Å². The minimum absolute atomic E-state index is 0.292. The second-order valence-electron chi connectivity index (χ2n) is 6.44. The Hall–Kier alpha value is -2.77. The fourth-order valence-corrected chi connectivity index (χ4v) is 2.84. The van der Waals surface area contributed by atoms with Crippen molar-refractivity contribution in [2.45, 2.75) is 26.3 Å². The molecule has 1 aliphatic heterocycles. The molecule has 0 aromatic heterocycles. The lowest BCUT2D eigenvalue weighted by Gasteiger charge is -2.25. The van der Waals surface area contributed by atoms with E-state index in [1.807, 2.05) is 0 Å². The highest BCUT2D eigenvalue weighted by atomic mass is 19.1. The molecule has 1 aromatic rings. The maximum Gasteiger partial charge on any atom is 0.325 e. The molecular formula is C18H21F2N3O3. The fourth-order valence-electron chi connectivity index (χ4n) is 2.84. The van der Waals surface area contributed by atoms with Crippen LogP contribution in [-0.4, -0.2) is 47.3 Å². The molecule has 0 unspecified atom stereocenters. The van der Waals surface area contributed by atoms with E-state index >= 15 is 0 Å². The molecular weight excluding hydrogens is 344 g/mol. The van der Waals surface area contributed by atoms with Crippen LogP contribution in [-0.2, 0) is 15.1 Å². The first-order valence-electron chi connectivity index (χ1n) is 8.12. The number of likely N-dealkylation sites (N-methyl/N-ethyl adjacent to an activating group) is 1. The van der Waals surface area contributed by atoms with Gasteiger partial charge in [0.25, 0.3) is 5.91 Å². The Bertz CT molecular complexity index is 781. The number of hydrogen-bond acceptors (Lipinski definition) is 3. The number of rotatable bonds is 6. The van der Waals surface area contributed by atoms with Gasteiger partial charge >= 0.3 is 6.03 Å². The molecule has 140 valence electrons. The molecule has 6 nitrogen and oxygen atoms in total. The van der Waals surface area contributed by atoms with Gasteiger partial charge in [-0.25, -0.2) is 13.6 Å². The molecule has 0 radical (unpaired) electrons. The molecule has 0 aliphatic carbocycles. The van der Waals surface area contributed by atoms with E-state index in [-0.39, 0.29) is 5.56 Å². The summed E-state index contributed by atoms with van der Waals surface area (Å²) in [6, 6.07) is 1.83. The molecule has 1 fully saturated rings. The van der Waals surface area contributed by atoms with Crippen molar-refractivity contribution in [3.8, 4) is 0 Å². The first kappa shape index (κ1) is 19.6. The average molecular weight is 365 g/mol. The van der Waals surface area contributed by atoms with Crippen molar-refractivity contribution in [1.82, 2.24) is 15.1 Å². The van der Waals surface area contributed by atoms with Gasteiger partial charge in [-0.2, -0.15) is 0 Å². The van der Waals surface area contributed by atoms with Gasteiger partial charge in [-0.15, -0.1) is 0 Å². The zero-order valence-electron chi connectivity index (χ0n) is 14.9. The van der Waals surface area contributed by atoms with Crippen molar-refractivity contribution >= 4 is 17.8 Å². The molecule has 1 saturated heterocycles. The topological polar surface area (TPSA) is 69.7 Å². The van der Waals surface area contributed by atoms with Crippen molar-refractivity contribution in [3.63, 3.8) is 0 Å². The van der Waals surface area contributed by atoms with E-state index in [2.05, 4.69) is 11.9 Å². The summed E-state index contributed by atoms with van der Waals surface area (Å²) in [4.78, 5) is 39.5. The normalized spacial score (nSPS) is 19.5. The number of carbonyl (C=O) groups is 3. The van der Waals surface area contributed by atoms with E-state index in [4.69, 9.17) is 0 Å². The van der Waals surface area contributed by atoms with E-state index in [1.54, 1.807) is 13.8 Å². The summed E-state index contributed by atoms with van der Waals surface area (Å²) in [7, 11) is 0. The highest BCUT2D eigenvalue weighted by Crippen LogP contribution is 2.31. The third-order valence-electron chi connectivity index (χ3n) is 4.23. The number of imide groups is 1. The van der Waals surface area contributed by atoms with E-state index in [0.717, 1.165) is 23.8 Å². The zero-order valence-corrected chi connectivity index (χ0v) is 14.9. The summed E-state index contributed by atoms with van der Waals surface area (Å²) in [5, 5.41) is 2.36. The first-order chi connectivity index (χ1) is 12.1. The molecule has 1 atom stereocenters. The van der Waals surface area contributed by atoms with Crippen LogP contribution < -0.4 is 5.32 Å². The Balaban J connectivity index is 2.27. The van der Waals surface area contributed by atoms with Crippen molar-refractivity contribution in [2.75, 3.05) is 19.6 Å². The SMILES string of the molecule is C=C(C)CN(CC)C(=O)CN1C(=O)N[C@@](C)(c2cc(F)ccc2F)C1=O. The fraction of sp³-hybridized carbons (Fsp3) is 0.389. The number of halogens is 2. The molecule has 1 N–H and O–H groups in total. The first-order valence-corrected chi connectivity index (χ1v) is 8.12. The van der Waals surface area contributed by atoms with Gasteiger partial charge in [0, 0.05) is 18.7 Å². The summed E-state index contributed by atoms with van der Waals surface area (Å²) < 4.78 is 27.6. The largest absolute Gasteiger partial charge is 0.337 e. The highest BCUT2D eigenvalue weighted by Gasteiger charge is 2.51. The molecule has 0 saturated carbocycles. The summed E-state index contributed by atoms with van der Waals surface area (Å²) in [6.45, 7) is 8.73. The molecule has 26 heavy (non-hydrogen) atoms. The van der Waals surface area contributed by atoms with Gasteiger partial charge in [-0.3, -0.25) is 14.5 Å². The van der Waals surface area contributed by atoms with Crippen molar-refractivity contribution in [1.29, 1.82) is 0 Å². The third-order valence-corrected chi connectivity index (χ3v) is 4.23. The van der Waals surface area contributed by atoms with Crippen LogP contribution in [0.25, 0.3) is 0 Å². The van der Waals surface area contributed by atoms with Gasteiger partial charge in [0.2, 0.25) is 5.91 Å². The summed E-state index contributed by atoms with van der Waals surface area (Å²) >= 11 is 0. The van der Waals surface area contributed by atoms with E-state index in [0.29, 0.717) is 18.0 Å². The smallest absolute Gasteiger partial charge is 0.325 e. The predicted molar refractivity (Wildman–Crippen MR) is 91.0 cm³/mol. The Kier molecular flexibility index (Phi) is 5.44. The maximum atomic E-state index is 14.1. The van der Waals surface area contributed by atoms with Gasteiger partial charge in [0.15, 0.2) is 0 Å². The van der Waals surface area contributed by atoms with E-state index < -0.39 is 41.6 Å². The molecule has 1 heterocycles. The summed E-state index contributed by atoms with van der Waals surface area (Å²) in [5.41, 5.74) is -1.32. The van der Waals surface area contributed by atoms with E-state index in [9.17, 15) is 23.2 Å². The minimum atomic E-state index is -1.78. The number of benzene rings is 1. The summed E-state index contributed by atoms with van der Waals surface area (Å²) in [5.74, 6) is -2.82. The lowest BCUT2D eigenvalue weighted by atomic mass is 9.91. The number of nitrogens with zero attached hydrogens (tertiary/aromatic N) is 2. The summed E-state index contributed by atoms with van der Waals surface area (Å²) in [6.07, 6.45) is 0. The molecule has 1 aliphatic rings. The van der Waals surface area contributed by atoms with Crippen molar-refractivity contribution in [3.05, 3.63) is 47.5 Å². The van der Waals surface area contributed by atoms with E-state index in [1.165, 1.54) is 11.8 Å². The molecule has 4 amide bonds. The molecule has 1 aromatic carbocycles. The maximum absolute atomic E-state index is 14.1. The third kappa shape index (κ3) is 3.58. The van der Waals surface area contributed by atoms with Crippen LogP contribution in [0.2, 0.25) is 0 Å². The van der Waals surface area contributed by atoms with Crippen LogP contribution >= 0.6 is 0 Å². The van der Waals surface area contributed by atoms with Gasteiger partial charge < -0.3 is 10.2 Å². The number of hydrogen-bond donors (Lipinski definition) is 1. The lowest BCUT2D eigenvalue weighted by molar-refractivity contribution is -0.138. The van der Waals surface area contributed by atoms with Crippen LogP contribution in [0.1, 0.15) is 26.3 Å². The quantitative estimate of drug-likeness (QED) is 0.620. The molecule has 8 heteroatoms. The standard InChI is InChI=1S/C18H21F2N3O3/c1-5-22(9-11(2)3)15(24)10-23-16(25)18(4,21-17(23)26)13-8-12(19)6-7-14(13)20/h6-8H,2,5,9-10H2,1,3-4H3,(H,21,26)/t18-/m0/s1. The molecule has 0 spiro atoms. The van der Waals surface area contributed by atoms with Crippen LogP contribution in [0, 0.1) is 11.6 Å². The van der Waals surface area contributed by atoms with Crippen LogP contribution in [0.3, 0.4) is 0 Å². The van der Waals surface area contributed by atoms with Gasteiger partial charge in [-0.05, 0) is 39.0 Å². The minimum Gasteiger partial charge on any atom is -0.337 e. The van der Waals surface area contributed by atoms with Crippen LogP contribution in [0.4, 0.5) is 13.6 Å². The Morgan fingerprint density at radius 2 is 2.00 bits per heavy atom. The Morgan fingerprint density at radius 1 is 1.35 bits per heavy atom. The Labute approximate surface area is 150 Å². The molecule has 0 bridgehead atoms. The van der Waals surface area contributed by atoms with Gasteiger partial charge in [-0.1, -0.05) is 12.2 Å². The average Bonchev–Trinajstić information content (AvgIpc) is 2.78. The predicted octanol–water partition coefficient (Wildman–Crippen LogP) is 2.16. The van der Waals surface area contributed by atoms with Gasteiger partial charge in [0.1, 0.15) is 23.7 Å². The second kappa shape index (κ2) is 7.23. The number of nitrogens with one attached hydrogen (secondary N) is 1. The lowest BCUT2D eigenvalue weighted by Crippen LogP contribution is -2.45. The number of carbonyl (C=O) groups excluding carboxylic acids is 3. The van der Waals surface area contributed by atoms with Crippen LogP contribution in [0.15, 0.2) is 30.4 Å². The zero-order chi connectivity index (χ0) is 19.6. The second-order valence-corrected chi connectivity index (χ2v) is 6.44. The number of urea groups is 1. The van der Waals surface area contributed by atoms with Crippen molar-refractivity contribution in [2.24, 2.45) is 0 Å². The highest BCUT2D eigenvalue weighted by molar-refractivity contribution is 6.09. The Morgan fingerprint density at radius 3 is 2.58 bits per heavy atom. The van der Waals surface area contributed by atoms with Crippen LogP contribution in [0.5, 0.6) is 0 Å². The molecule has 2 rings (SSSR count). The monoisotopic (exact) mass is 365 g/mol.